The van der Waals surface area contributed by atoms with Crippen molar-refractivity contribution in [2.75, 3.05) is 45.9 Å². The van der Waals surface area contributed by atoms with Gasteiger partial charge in [-0.3, -0.25) is 9.69 Å². The van der Waals surface area contributed by atoms with Crippen LogP contribution in [0.1, 0.15) is 5.56 Å². The molecule has 7 heteroatoms. The lowest BCUT2D eigenvalue weighted by atomic mass is 10.2. The number of benzene rings is 1. The van der Waals surface area contributed by atoms with Gasteiger partial charge in [-0.15, -0.1) is 0 Å². The third-order valence-electron chi connectivity index (χ3n) is 3.63. The van der Waals surface area contributed by atoms with E-state index < -0.39 is 5.91 Å². The first kappa shape index (κ1) is 17.2. The van der Waals surface area contributed by atoms with Crippen LogP contribution >= 0.6 is 0 Å². The molecule has 2 N–H and O–H groups in total. The maximum atomic E-state index is 12.0. The molecule has 7 nitrogen and oxygen atoms in total. The summed E-state index contributed by atoms with van der Waals surface area (Å²) in [6.07, 6.45) is -0.279. The predicted molar refractivity (Wildman–Crippen MR) is 84.7 cm³/mol. The summed E-state index contributed by atoms with van der Waals surface area (Å²) < 4.78 is 10.5. The van der Waals surface area contributed by atoms with Crippen LogP contribution in [0.15, 0.2) is 30.3 Å². The van der Waals surface area contributed by atoms with E-state index in [0.29, 0.717) is 26.3 Å². The second-order valence-electron chi connectivity index (χ2n) is 5.39. The zero-order valence-corrected chi connectivity index (χ0v) is 13.1. The zero-order valence-electron chi connectivity index (χ0n) is 13.1. The van der Waals surface area contributed by atoms with Crippen LogP contribution in [0.2, 0.25) is 0 Å². The molecule has 1 aromatic rings. The van der Waals surface area contributed by atoms with Crippen molar-refractivity contribution in [1.29, 1.82) is 0 Å². The van der Waals surface area contributed by atoms with Crippen molar-refractivity contribution in [2.24, 2.45) is 5.73 Å². The van der Waals surface area contributed by atoms with Crippen molar-refractivity contribution in [1.82, 2.24) is 9.80 Å². The first-order valence-corrected chi connectivity index (χ1v) is 7.69. The summed E-state index contributed by atoms with van der Waals surface area (Å²) in [5, 5.41) is 0. The number of carbonyl (C=O) groups excluding carboxylic acids is 2. The average molecular weight is 321 g/mol. The van der Waals surface area contributed by atoms with E-state index in [4.69, 9.17) is 15.2 Å². The lowest BCUT2D eigenvalue weighted by Gasteiger charge is -2.33. The van der Waals surface area contributed by atoms with E-state index in [0.717, 1.165) is 25.2 Å². The number of amides is 2. The third kappa shape index (κ3) is 6.25. The molecule has 1 fully saturated rings. The summed E-state index contributed by atoms with van der Waals surface area (Å²) >= 11 is 0. The molecule has 126 valence electrons. The van der Waals surface area contributed by atoms with Gasteiger partial charge in [-0.1, -0.05) is 30.3 Å². The van der Waals surface area contributed by atoms with Crippen molar-refractivity contribution < 1.29 is 19.1 Å². The molecule has 1 aromatic carbocycles. The number of piperazine rings is 1. The van der Waals surface area contributed by atoms with E-state index in [-0.39, 0.29) is 12.7 Å². The van der Waals surface area contributed by atoms with Gasteiger partial charge in [-0.25, -0.2) is 4.79 Å². The Morgan fingerprint density at radius 1 is 1.09 bits per heavy atom. The van der Waals surface area contributed by atoms with Gasteiger partial charge in [0.05, 0.1) is 6.61 Å². The molecule has 0 radical (unpaired) electrons. The molecule has 0 aromatic heterocycles. The molecule has 23 heavy (non-hydrogen) atoms. The zero-order chi connectivity index (χ0) is 16.5. The number of rotatable bonds is 7. The average Bonchev–Trinajstić information content (AvgIpc) is 2.58. The highest BCUT2D eigenvalue weighted by molar-refractivity contribution is 5.74. The summed E-state index contributed by atoms with van der Waals surface area (Å²) in [7, 11) is 0. The Hall–Kier alpha value is -2.12. The molecular weight excluding hydrogens is 298 g/mol. The number of carbonyl (C=O) groups is 2. The van der Waals surface area contributed by atoms with E-state index in [1.165, 1.54) is 0 Å². The highest BCUT2D eigenvalue weighted by Gasteiger charge is 2.21. The largest absolute Gasteiger partial charge is 0.445 e. The Kier molecular flexibility index (Phi) is 6.83. The minimum atomic E-state index is -0.462. The Balaban J connectivity index is 1.61. The van der Waals surface area contributed by atoms with Crippen LogP contribution in [-0.2, 0) is 20.9 Å². The Morgan fingerprint density at radius 3 is 2.43 bits per heavy atom. The molecule has 1 aliphatic heterocycles. The van der Waals surface area contributed by atoms with Gasteiger partial charge in [0, 0.05) is 32.7 Å². The molecule has 1 heterocycles. The van der Waals surface area contributed by atoms with Crippen LogP contribution in [0.3, 0.4) is 0 Å². The molecule has 1 aliphatic rings. The second-order valence-corrected chi connectivity index (χ2v) is 5.39. The molecule has 2 rings (SSSR count). The van der Waals surface area contributed by atoms with Crippen molar-refractivity contribution in [3.63, 3.8) is 0 Å². The van der Waals surface area contributed by atoms with Crippen molar-refractivity contribution in [3.8, 4) is 0 Å². The normalized spacial score (nSPS) is 15.4. The van der Waals surface area contributed by atoms with Crippen molar-refractivity contribution in [3.05, 3.63) is 35.9 Å². The molecule has 0 aliphatic carbocycles. The first-order valence-electron chi connectivity index (χ1n) is 7.69. The number of nitrogens with two attached hydrogens (primary N) is 1. The first-order chi connectivity index (χ1) is 11.1. The van der Waals surface area contributed by atoms with Gasteiger partial charge in [0.25, 0.3) is 0 Å². The second kappa shape index (κ2) is 9.12. The molecule has 2 amide bonds. The summed E-state index contributed by atoms with van der Waals surface area (Å²) in [4.78, 5) is 26.5. The molecule has 0 bridgehead atoms. The van der Waals surface area contributed by atoms with Gasteiger partial charge < -0.3 is 20.1 Å². The number of ether oxygens (including phenoxy) is 2. The lowest BCUT2D eigenvalue weighted by Crippen LogP contribution is -2.49. The van der Waals surface area contributed by atoms with E-state index in [2.05, 4.69) is 4.90 Å². The maximum absolute atomic E-state index is 12.0. The van der Waals surface area contributed by atoms with Crippen LogP contribution < -0.4 is 5.73 Å². The molecule has 1 saturated heterocycles. The van der Waals surface area contributed by atoms with Crippen molar-refractivity contribution in [2.45, 2.75) is 6.61 Å². The highest BCUT2D eigenvalue weighted by Crippen LogP contribution is 2.06. The SMILES string of the molecule is NC(=O)COCCN1CCN(C(=O)OCc2ccccc2)CC1. The Morgan fingerprint density at radius 2 is 1.78 bits per heavy atom. The molecule has 0 unspecified atom stereocenters. The number of primary amides is 1. The summed E-state index contributed by atoms with van der Waals surface area (Å²) in [6, 6.07) is 9.62. The van der Waals surface area contributed by atoms with E-state index >= 15 is 0 Å². The van der Waals surface area contributed by atoms with Gasteiger partial charge in [-0.2, -0.15) is 0 Å². The smallest absolute Gasteiger partial charge is 0.410 e. The Bertz CT molecular complexity index is 501. The minimum Gasteiger partial charge on any atom is -0.445 e. The molecule has 0 saturated carbocycles. The lowest BCUT2D eigenvalue weighted by molar-refractivity contribution is -0.122. The molecular formula is C16H23N3O4. The van der Waals surface area contributed by atoms with Crippen LogP contribution in [0.25, 0.3) is 0 Å². The van der Waals surface area contributed by atoms with Crippen LogP contribution in [-0.4, -0.2) is 67.7 Å². The predicted octanol–water partition coefficient (Wildman–Crippen LogP) is 0.443. The number of hydrogen-bond donors (Lipinski definition) is 1. The van der Waals surface area contributed by atoms with E-state index in [1.54, 1.807) is 4.90 Å². The summed E-state index contributed by atoms with van der Waals surface area (Å²) in [6.45, 7) is 4.21. The summed E-state index contributed by atoms with van der Waals surface area (Å²) in [5.74, 6) is -0.462. The quantitative estimate of drug-likeness (QED) is 0.737. The number of nitrogens with zero attached hydrogens (tertiary/aromatic N) is 2. The molecule has 0 spiro atoms. The third-order valence-corrected chi connectivity index (χ3v) is 3.63. The monoisotopic (exact) mass is 321 g/mol. The molecule has 0 atom stereocenters. The van der Waals surface area contributed by atoms with Gasteiger partial charge in [0.2, 0.25) is 5.91 Å². The van der Waals surface area contributed by atoms with Gasteiger partial charge in [-0.05, 0) is 5.56 Å². The van der Waals surface area contributed by atoms with Gasteiger partial charge in [0.1, 0.15) is 13.2 Å². The standard InChI is InChI=1S/C16H23N3O4/c17-15(20)13-22-11-10-18-6-8-19(9-7-18)16(21)23-12-14-4-2-1-3-5-14/h1-5H,6-13H2,(H2,17,20). The maximum Gasteiger partial charge on any atom is 0.410 e. The van der Waals surface area contributed by atoms with Gasteiger partial charge >= 0.3 is 6.09 Å². The number of hydrogen-bond acceptors (Lipinski definition) is 5. The fourth-order valence-electron chi connectivity index (χ4n) is 2.33. The highest BCUT2D eigenvalue weighted by atomic mass is 16.6. The van der Waals surface area contributed by atoms with E-state index in [9.17, 15) is 9.59 Å². The van der Waals surface area contributed by atoms with Crippen LogP contribution in [0, 0.1) is 0 Å². The van der Waals surface area contributed by atoms with Crippen molar-refractivity contribution >= 4 is 12.0 Å². The minimum absolute atomic E-state index is 0.0498. The Labute approximate surface area is 135 Å². The van der Waals surface area contributed by atoms with Gasteiger partial charge in [0.15, 0.2) is 0 Å². The van der Waals surface area contributed by atoms with Crippen LogP contribution in [0.5, 0.6) is 0 Å². The topological polar surface area (TPSA) is 85.1 Å². The fourth-order valence-corrected chi connectivity index (χ4v) is 2.33. The summed E-state index contributed by atoms with van der Waals surface area (Å²) in [5.41, 5.74) is 5.98. The van der Waals surface area contributed by atoms with E-state index in [1.807, 2.05) is 30.3 Å². The fraction of sp³-hybridized carbons (Fsp3) is 0.500. The van der Waals surface area contributed by atoms with Crippen LogP contribution in [0.4, 0.5) is 4.79 Å².